The topological polar surface area (TPSA) is 49.6 Å². The molecule has 0 atom stereocenters. The first-order valence-electron chi connectivity index (χ1n) is 6.73. The van der Waals surface area contributed by atoms with Crippen molar-refractivity contribution in [3.63, 3.8) is 0 Å². The highest BCUT2D eigenvalue weighted by atomic mass is 79.9. The summed E-state index contributed by atoms with van der Waals surface area (Å²) in [5.74, 6) is 0. The average Bonchev–Trinajstić information content (AvgIpc) is 2.37. The lowest BCUT2D eigenvalue weighted by atomic mass is 10.0. The second-order valence-corrected chi connectivity index (χ2v) is 6.95. The zero-order valence-corrected chi connectivity index (χ0v) is 13.7. The first kappa shape index (κ1) is 15.3. The maximum absolute atomic E-state index is 11.2. The van der Waals surface area contributed by atoms with Crippen LogP contribution < -0.4 is 4.90 Å². The van der Waals surface area contributed by atoms with E-state index in [9.17, 15) is 10.1 Å². The fourth-order valence-corrected chi connectivity index (χ4v) is 2.88. The van der Waals surface area contributed by atoms with Crippen LogP contribution in [0.25, 0.3) is 0 Å². The van der Waals surface area contributed by atoms with Crippen LogP contribution in [0.5, 0.6) is 0 Å². The van der Waals surface area contributed by atoms with Crippen molar-refractivity contribution in [1.29, 1.82) is 0 Å². The predicted octanol–water partition coefficient (Wildman–Crippen LogP) is 3.28. The van der Waals surface area contributed by atoms with Gasteiger partial charge in [0.2, 0.25) is 0 Å². The average molecular weight is 342 g/mol. The molecule has 1 saturated heterocycles. The molecule has 0 aromatic heterocycles. The van der Waals surface area contributed by atoms with E-state index in [-0.39, 0.29) is 16.1 Å². The minimum Gasteiger partial charge on any atom is -0.363 e. The molecule has 1 aliphatic rings. The summed E-state index contributed by atoms with van der Waals surface area (Å²) in [7, 11) is 0. The molecular weight excluding hydrogens is 322 g/mol. The fraction of sp³-hybridized carbons (Fsp3) is 0.571. The lowest BCUT2D eigenvalue weighted by molar-refractivity contribution is -0.384. The number of nitrogens with zero attached hydrogens (tertiary/aromatic N) is 3. The van der Waals surface area contributed by atoms with Gasteiger partial charge in [-0.25, -0.2) is 0 Å². The Morgan fingerprint density at radius 1 is 1.20 bits per heavy atom. The van der Waals surface area contributed by atoms with Gasteiger partial charge >= 0.3 is 0 Å². The van der Waals surface area contributed by atoms with Crippen molar-refractivity contribution in [3.05, 3.63) is 32.8 Å². The first-order chi connectivity index (χ1) is 9.29. The molecule has 0 saturated carbocycles. The van der Waals surface area contributed by atoms with Gasteiger partial charge in [0.05, 0.1) is 4.92 Å². The van der Waals surface area contributed by atoms with E-state index in [2.05, 4.69) is 46.5 Å². The number of nitro benzene ring substituents is 1. The molecule has 1 fully saturated rings. The van der Waals surface area contributed by atoms with Crippen molar-refractivity contribution in [3.8, 4) is 0 Å². The molecular formula is C14H20BrN3O2. The second kappa shape index (κ2) is 5.69. The van der Waals surface area contributed by atoms with Crippen molar-refractivity contribution in [2.45, 2.75) is 26.3 Å². The zero-order valence-electron chi connectivity index (χ0n) is 12.1. The molecule has 110 valence electrons. The summed E-state index contributed by atoms with van der Waals surface area (Å²) in [6.45, 7) is 10.1. The smallest absolute Gasteiger partial charge is 0.293 e. The Hall–Kier alpha value is -1.14. The SMILES string of the molecule is CC(C)(C)N1CCN(c2ccc(Br)cc2[N+](=O)[O-])CC1. The van der Waals surface area contributed by atoms with E-state index in [0.29, 0.717) is 5.69 Å². The minimum atomic E-state index is -0.309. The third kappa shape index (κ3) is 3.30. The highest BCUT2D eigenvalue weighted by Crippen LogP contribution is 2.32. The van der Waals surface area contributed by atoms with Crippen LogP contribution in [0.4, 0.5) is 11.4 Å². The van der Waals surface area contributed by atoms with E-state index < -0.39 is 0 Å². The van der Waals surface area contributed by atoms with E-state index in [1.54, 1.807) is 6.07 Å². The number of hydrogen-bond acceptors (Lipinski definition) is 4. The molecule has 6 heteroatoms. The summed E-state index contributed by atoms with van der Waals surface area (Å²) in [5.41, 5.74) is 1.04. The molecule has 0 amide bonds. The number of anilines is 1. The molecule has 20 heavy (non-hydrogen) atoms. The fourth-order valence-electron chi connectivity index (χ4n) is 2.53. The molecule has 0 spiro atoms. The van der Waals surface area contributed by atoms with Gasteiger partial charge in [-0.3, -0.25) is 15.0 Å². The molecule has 5 nitrogen and oxygen atoms in total. The van der Waals surface area contributed by atoms with E-state index in [4.69, 9.17) is 0 Å². The number of benzene rings is 1. The van der Waals surface area contributed by atoms with Crippen LogP contribution in [0.2, 0.25) is 0 Å². The second-order valence-electron chi connectivity index (χ2n) is 6.04. The summed E-state index contributed by atoms with van der Waals surface area (Å²) in [4.78, 5) is 15.4. The van der Waals surface area contributed by atoms with E-state index in [1.165, 1.54) is 0 Å². The van der Waals surface area contributed by atoms with Crippen LogP contribution in [0.15, 0.2) is 22.7 Å². The van der Waals surface area contributed by atoms with E-state index in [1.807, 2.05) is 12.1 Å². The minimum absolute atomic E-state index is 0.151. The van der Waals surface area contributed by atoms with Gasteiger partial charge in [-0.05, 0) is 32.9 Å². The summed E-state index contributed by atoms with van der Waals surface area (Å²) in [6.07, 6.45) is 0. The maximum atomic E-state index is 11.2. The van der Waals surface area contributed by atoms with Crippen molar-refractivity contribution >= 4 is 27.3 Å². The Bertz CT molecular complexity index is 506. The highest BCUT2D eigenvalue weighted by molar-refractivity contribution is 9.10. The van der Waals surface area contributed by atoms with Gasteiger partial charge < -0.3 is 4.90 Å². The quantitative estimate of drug-likeness (QED) is 0.611. The van der Waals surface area contributed by atoms with Gasteiger partial charge in [0.15, 0.2) is 0 Å². The molecule has 1 aromatic rings. The molecule has 1 aliphatic heterocycles. The molecule has 2 rings (SSSR count). The Balaban J connectivity index is 2.17. The van der Waals surface area contributed by atoms with Crippen LogP contribution in [0.3, 0.4) is 0 Å². The van der Waals surface area contributed by atoms with Crippen molar-refractivity contribution in [2.75, 3.05) is 31.1 Å². The lowest BCUT2D eigenvalue weighted by Gasteiger charge is -2.42. The molecule has 1 aromatic carbocycles. The monoisotopic (exact) mass is 341 g/mol. The van der Waals surface area contributed by atoms with Crippen LogP contribution in [-0.2, 0) is 0 Å². The number of nitro groups is 1. The number of piperazine rings is 1. The molecule has 0 bridgehead atoms. The normalized spacial score (nSPS) is 17.3. The van der Waals surface area contributed by atoms with Crippen LogP contribution in [-0.4, -0.2) is 41.5 Å². The summed E-state index contributed by atoms with van der Waals surface area (Å²) in [5, 5.41) is 11.2. The van der Waals surface area contributed by atoms with Gasteiger partial charge in [0.1, 0.15) is 5.69 Å². The number of rotatable bonds is 2. The predicted molar refractivity (Wildman–Crippen MR) is 84.3 cm³/mol. The van der Waals surface area contributed by atoms with Gasteiger partial charge in [0.25, 0.3) is 5.69 Å². The molecule has 0 N–H and O–H groups in total. The third-order valence-electron chi connectivity index (χ3n) is 3.70. The maximum Gasteiger partial charge on any atom is 0.293 e. The highest BCUT2D eigenvalue weighted by Gasteiger charge is 2.28. The third-order valence-corrected chi connectivity index (χ3v) is 4.20. The van der Waals surface area contributed by atoms with Crippen LogP contribution >= 0.6 is 15.9 Å². The Morgan fingerprint density at radius 3 is 2.30 bits per heavy atom. The van der Waals surface area contributed by atoms with Gasteiger partial charge in [-0.2, -0.15) is 0 Å². The van der Waals surface area contributed by atoms with Crippen molar-refractivity contribution < 1.29 is 4.92 Å². The van der Waals surface area contributed by atoms with Crippen LogP contribution in [0, 0.1) is 10.1 Å². The van der Waals surface area contributed by atoms with E-state index in [0.717, 1.165) is 30.7 Å². The van der Waals surface area contributed by atoms with Gasteiger partial charge in [-0.1, -0.05) is 15.9 Å². The summed E-state index contributed by atoms with van der Waals surface area (Å²) >= 11 is 3.29. The van der Waals surface area contributed by atoms with Gasteiger partial charge in [-0.15, -0.1) is 0 Å². The Morgan fingerprint density at radius 2 is 1.80 bits per heavy atom. The van der Waals surface area contributed by atoms with Crippen molar-refractivity contribution in [1.82, 2.24) is 4.90 Å². The number of halogens is 1. The van der Waals surface area contributed by atoms with E-state index >= 15 is 0 Å². The summed E-state index contributed by atoms with van der Waals surface area (Å²) < 4.78 is 0.737. The Labute approximate surface area is 127 Å². The zero-order chi connectivity index (χ0) is 14.9. The molecule has 0 aliphatic carbocycles. The molecule has 0 unspecified atom stereocenters. The standard InChI is InChI=1S/C14H20BrN3O2/c1-14(2,3)17-8-6-16(7-9-17)12-5-4-11(15)10-13(12)18(19)20/h4-5,10H,6-9H2,1-3H3. The molecule has 0 radical (unpaired) electrons. The largest absolute Gasteiger partial charge is 0.363 e. The molecule has 1 heterocycles. The van der Waals surface area contributed by atoms with Crippen molar-refractivity contribution in [2.24, 2.45) is 0 Å². The first-order valence-corrected chi connectivity index (χ1v) is 7.52. The Kier molecular flexibility index (Phi) is 4.34. The number of hydrogen-bond donors (Lipinski definition) is 0. The van der Waals surface area contributed by atoms with Gasteiger partial charge in [0, 0.05) is 42.3 Å². The van der Waals surface area contributed by atoms with Crippen LogP contribution in [0.1, 0.15) is 20.8 Å². The lowest BCUT2D eigenvalue weighted by Crippen LogP contribution is -2.53. The summed E-state index contributed by atoms with van der Waals surface area (Å²) in [6, 6.07) is 5.26.